The SMILES string of the molecule is CCSc1nc2n(n1)C(c1sccc1C)C(C(=O)OCc1ccccc1)=C(C)N2. The van der Waals surface area contributed by atoms with Crippen LogP contribution >= 0.6 is 23.1 Å². The van der Waals surface area contributed by atoms with Gasteiger partial charge in [0.15, 0.2) is 0 Å². The van der Waals surface area contributed by atoms with Gasteiger partial charge in [-0.05, 0) is 42.2 Å². The highest BCUT2D eigenvalue weighted by Crippen LogP contribution is 2.40. The number of anilines is 1. The monoisotopic (exact) mass is 426 g/mol. The third-order valence-corrected chi connectivity index (χ3v) is 6.48. The van der Waals surface area contributed by atoms with E-state index in [0.717, 1.165) is 27.5 Å². The zero-order valence-electron chi connectivity index (χ0n) is 16.5. The number of aromatic nitrogens is 3. The molecule has 6 nitrogen and oxygen atoms in total. The summed E-state index contributed by atoms with van der Waals surface area (Å²) in [6.45, 7) is 6.23. The Kier molecular flexibility index (Phi) is 5.73. The molecule has 1 aliphatic rings. The van der Waals surface area contributed by atoms with Crippen molar-refractivity contribution in [1.82, 2.24) is 14.8 Å². The molecule has 8 heteroatoms. The number of fused-ring (bicyclic) bond motifs is 1. The fraction of sp³-hybridized carbons (Fsp3) is 0.286. The number of rotatable bonds is 6. The van der Waals surface area contributed by atoms with Crippen LogP contribution in [-0.4, -0.2) is 26.5 Å². The van der Waals surface area contributed by atoms with Gasteiger partial charge in [0.1, 0.15) is 12.6 Å². The molecular formula is C21H22N4O2S2. The molecule has 0 fully saturated rings. The number of carbonyl (C=O) groups is 1. The molecule has 0 saturated carbocycles. The highest BCUT2D eigenvalue weighted by Gasteiger charge is 2.36. The second kappa shape index (κ2) is 8.42. The number of hydrogen-bond donors (Lipinski definition) is 1. The van der Waals surface area contributed by atoms with Gasteiger partial charge in [0.05, 0.1) is 5.57 Å². The maximum Gasteiger partial charge on any atom is 0.338 e. The molecule has 2 aromatic heterocycles. The van der Waals surface area contributed by atoms with E-state index in [1.165, 1.54) is 0 Å². The molecule has 0 aliphatic carbocycles. The van der Waals surface area contributed by atoms with Gasteiger partial charge in [-0.25, -0.2) is 9.48 Å². The summed E-state index contributed by atoms with van der Waals surface area (Å²) in [5.41, 5.74) is 3.38. The minimum absolute atomic E-state index is 0.230. The van der Waals surface area contributed by atoms with Crippen molar-refractivity contribution in [2.45, 2.75) is 38.6 Å². The lowest BCUT2D eigenvalue weighted by Crippen LogP contribution is -2.29. The average molecular weight is 427 g/mol. The molecule has 150 valence electrons. The number of carbonyl (C=O) groups excluding carboxylic acids is 1. The molecule has 4 rings (SSSR count). The van der Waals surface area contributed by atoms with Gasteiger partial charge >= 0.3 is 5.97 Å². The van der Waals surface area contributed by atoms with Crippen LogP contribution in [0.3, 0.4) is 0 Å². The number of allylic oxidation sites excluding steroid dienone is 1. The summed E-state index contributed by atoms with van der Waals surface area (Å²) in [6, 6.07) is 11.4. The Hall–Kier alpha value is -2.58. The Labute approximate surface area is 178 Å². The lowest BCUT2D eigenvalue weighted by atomic mass is 10.00. The number of thiophene rings is 1. The number of nitrogens with one attached hydrogen (secondary N) is 1. The van der Waals surface area contributed by atoms with E-state index in [9.17, 15) is 4.79 Å². The van der Waals surface area contributed by atoms with Gasteiger partial charge in [0.25, 0.3) is 0 Å². The Morgan fingerprint density at radius 1 is 1.28 bits per heavy atom. The van der Waals surface area contributed by atoms with E-state index in [2.05, 4.69) is 35.3 Å². The largest absolute Gasteiger partial charge is 0.457 e. The van der Waals surface area contributed by atoms with Crippen LogP contribution < -0.4 is 5.32 Å². The van der Waals surface area contributed by atoms with Crippen LogP contribution in [0.2, 0.25) is 0 Å². The maximum atomic E-state index is 13.2. The number of esters is 1. The molecular weight excluding hydrogens is 404 g/mol. The number of nitrogens with zero attached hydrogens (tertiary/aromatic N) is 3. The number of ether oxygens (including phenoxy) is 1. The van der Waals surface area contributed by atoms with Crippen molar-refractivity contribution < 1.29 is 9.53 Å². The Balaban J connectivity index is 1.70. The van der Waals surface area contributed by atoms with Gasteiger partial charge in [-0.15, -0.1) is 16.4 Å². The summed E-state index contributed by atoms with van der Waals surface area (Å²) in [4.78, 5) is 18.8. The zero-order chi connectivity index (χ0) is 20.4. The molecule has 1 atom stereocenters. The topological polar surface area (TPSA) is 69.0 Å². The van der Waals surface area contributed by atoms with Crippen molar-refractivity contribution in [3.63, 3.8) is 0 Å². The standard InChI is InChI=1S/C21H22N4O2S2/c1-4-28-21-23-20-22-14(3)16(19(26)27-12-15-8-6-5-7-9-15)17(25(20)24-21)18-13(2)10-11-29-18/h5-11,17H,4,12H2,1-3H3,(H,22,23,24). The minimum Gasteiger partial charge on any atom is -0.457 e. The Morgan fingerprint density at radius 3 is 2.76 bits per heavy atom. The van der Waals surface area contributed by atoms with E-state index in [1.807, 2.05) is 47.3 Å². The molecule has 29 heavy (non-hydrogen) atoms. The van der Waals surface area contributed by atoms with Crippen LogP contribution in [0, 0.1) is 6.92 Å². The Bertz CT molecular complexity index is 1060. The van der Waals surface area contributed by atoms with Gasteiger partial charge in [0.2, 0.25) is 11.1 Å². The van der Waals surface area contributed by atoms with Crippen LogP contribution in [0.25, 0.3) is 0 Å². The van der Waals surface area contributed by atoms with Crippen molar-refractivity contribution >= 4 is 35.0 Å². The van der Waals surface area contributed by atoms with Crippen LogP contribution in [0.4, 0.5) is 5.95 Å². The van der Waals surface area contributed by atoms with E-state index in [4.69, 9.17) is 4.74 Å². The lowest BCUT2D eigenvalue weighted by Gasteiger charge is -2.27. The summed E-state index contributed by atoms with van der Waals surface area (Å²) in [5, 5.41) is 10.6. The molecule has 1 unspecified atom stereocenters. The molecule has 3 heterocycles. The first-order valence-corrected chi connectivity index (χ1v) is 11.3. The number of thioether (sulfide) groups is 1. The summed E-state index contributed by atoms with van der Waals surface area (Å²) in [6.07, 6.45) is 0. The highest BCUT2D eigenvalue weighted by atomic mass is 32.2. The van der Waals surface area contributed by atoms with Gasteiger partial charge in [-0.3, -0.25) is 0 Å². The number of benzene rings is 1. The second-order valence-electron chi connectivity index (χ2n) is 6.69. The molecule has 3 aromatic rings. The number of aryl methyl sites for hydroxylation is 1. The van der Waals surface area contributed by atoms with Crippen molar-refractivity contribution in [3.05, 3.63) is 69.1 Å². The molecule has 1 aliphatic heterocycles. The predicted molar refractivity (Wildman–Crippen MR) is 116 cm³/mol. The molecule has 0 spiro atoms. The second-order valence-corrected chi connectivity index (χ2v) is 8.87. The van der Waals surface area contributed by atoms with E-state index >= 15 is 0 Å². The van der Waals surface area contributed by atoms with Gasteiger partial charge in [-0.1, -0.05) is 49.0 Å². The molecule has 0 saturated heterocycles. The highest BCUT2D eigenvalue weighted by molar-refractivity contribution is 7.99. The first kappa shape index (κ1) is 19.7. The number of hydrogen-bond acceptors (Lipinski definition) is 7. The van der Waals surface area contributed by atoms with Gasteiger partial charge in [-0.2, -0.15) is 4.98 Å². The van der Waals surface area contributed by atoms with Crippen LogP contribution in [0.15, 0.2) is 58.2 Å². The van der Waals surface area contributed by atoms with Crippen LogP contribution in [0.1, 0.15) is 35.9 Å². The van der Waals surface area contributed by atoms with Crippen LogP contribution in [0.5, 0.6) is 0 Å². The third kappa shape index (κ3) is 3.95. The fourth-order valence-electron chi connectivity index (χ4n) is 3.29. The van der Waals surface area contributed by atoms with Crippen LogP contribution in [-0.2, 0) is 16.1 Å². The van der Waals surface area contributed by atoms with Crippen molar-refractivity contribution in [2.24, 2.45) is 0 Å². The van der Waals surface area contributed by atoms with Crippen molar-refractivity contribution in [3.8, 4) is 0 Å². The third-order valence-electron chi connectivity index (χ3n) is 4.69. The van der Waals surface area contributed by atoms with Crippen molar-refractivity contribution in [1.29, 1.82) is 0 Å². The lowest BCUT2D eigenvalue weighted by molar-refractivity contribution is -0.140. The molecule has 1 N–H and O–H groups in total. The summed E-state index contributed by atoms with van der Waals surface area (Å²) < 4.78 is 7.49. The smallest absolute Gasteiger partial charge is 0.338 e. The zero-order valence-corrected chi connectivity index (χ0v) is 18.1. The van der Waals surface area contributed by atoms with Gasteiger partial charge in [0, 0.05) is 10.6 Å². The van der Waals surface area contributed by atoms with E-state index in [0.29, 0.717) is 16.7 Å². The fourth-order valence-corrected chi connectivity index (χ4v) is 4.87. The van der Waals surface area contributed by atoms with E-state index < -0.39 is 0 Å². The first-order valence-electron chi connectivity index (χ1n) is 9.40. The van der Waals surface area contributed by atoms with E-state index in [1.54, 1.807) is 23.1 Å². The molecule has 0 amide bonds. The maximum absolute atomic E-state index is 13.2. The summed E-state index contributed by atoms with van der Waals surface area (Å²) >= 11 is 3.19. The van der Waals surface area contributed by atoms with E-state index in [-0.39, 0.29) is 18.6 Å². The molecule has 0 bridgehead atoms. The average Bonchev–Trinajstić information content (AvgIpc) is 3.31. The quantitative estimate of drug-likeness (QED) is 0.451. The molecule has 1 aromatic carbocycles. The molecule has 0 radical (unpaired) electrons. The minimum atomic E-state index is -0.353. The summed E-state index contributed by atoms with van der Waals surface area (Å²) in [5.74, 6) is 1.18. The summed E-state index contributed by atoms with van der Waals surface area (Å²) in [7, 11) is 0. The Morgan fingerprint density at radius 2 is 2.07 bits per heavy atom. The first-order chi connectivity index (χ1) is 14.1. The van der Waals surface area contributed by atoms with Gasteiger partial charge < -0.3 is 10.1 Å². The predicted octanol–water partition coefficient (Wildman–Crippen LogP) is 4.79. The van der Waals surface area contributed by atoms with Crippen molar-refractivity contribution in [2.75, 3.05) is 11.1 Å². The normalized spacial score (nSPS) is 15.8.